The fraction of sp³-hybridized carbons (Fsp3) is 0.583. The van der Waals surface area contributed by atoms with Crippen molar-refractivity contribution in [2.24, 2.45) is 0 Å². The molecular weight excluding hydrogens is 232 g/mol. The number of aromatic amines is 1. The molecule has 6 nitrogen and oxygen atoms in total. The molecule has 96 valence electrons. The average molecular weight is 248 g/mol. The van der Waals surface area contributed by atoms with Crippen molar-refractivity contribution in [2.75, 3.05) is 19.6 Å². The van der Waals surface area contributed by atoms with E-state index in [1.54, 1.807) is 11.1 Å². The predicted octanol–water partition coefficient (Wildman–Crippen LogP) is -0.212. The molecule has 1 saturated heterocycles. The first-order chi connectivity index (χ1) is 8.75. The molecule has 1 aliphatic carbocycles. The number of piperazine rings is 1. The molecule has 0 bridgehead atoms. The molecule has 0 radical (unpaired) electrons. The monoisotopic (exact) mass is 248 g/mol. The first-order valence-corrected chi connectivity index (χ1v) is 6.33. The van der Waals surface area contributed by atoms with E-state index >= 15 is 0 Å². The van der Waals surface area contributed by atoms with Crippen LogP contribution < -0.4 is 5.32 Å². The SMILES string of the molecule is O=C1CN(C(=O)C2CCCc3[nH]ncc32)CCN1. The number of nitrogens with zero attached hydrogens (tertiary/aromatic N) is 2. The van der Waals surface area contributed by atoms with Crippen LogP contribution in [-0.4, -0.2) is 46.5 Å². The van der Waals surface area contributed by atoms with Gasteiger partial charge in [0.25, 0.3) is 0 Å². The maximum Gasteiger partial charge on any atom is 0.239 e. The Bertz CT molecular complexity index is 482. The molecule has 2 amide bonds. The van der Waals surface area contributed by atoms with Crippen LogP contribution in [0.2, 0.25) is 0 Å². The van der Waals surface area contributed by atoms with Gasteiger partial charge < -0.3 is 10.2 Å². The molecular formula is C12H16N4O2. The van der Waals surface area contributed by atoms with Gasteiger partial charge in [-0.25, -0.2) is 0 Å². The van der Waals surface area contributed by atoms with Crippen LogP contribution in [0.3, 0.4) is 0 Å². The van der Waals surface area contributed by atoms with E-state index in [0.717, 1.165) is 30.5 Å². The second-order valence-electron chi connectivity index (χ2n) is 4.86. The van der Waals surface area contributed by atoms with E-state index in [-0.39, 0.29) is 24.3 Å². The van der Waals surface area contributed by atoms with Crippen molar-refractivity contribution in [3.63, 3.8) is 0 Å². The molecule has 2 aliphatic rings. The Balaban J connectivity index is 1.79. The number of aryl methyl sites for hydroxylation is 1. The van der Waals surface area contributed by atoms with Crippen molar-refractivity contribution >= 4 is 11.8 Å². The van der Waals surface area contributed by atoms with Crippen LogP contribution >= 0.6 is 0 Å². The molecule has 3 rings (SSSR count). The third kappa shape index (κ3) is 1.87. The third-order valence-corrected chi connectivity index (χ3v) is 3.69. The van der Waals surface area contributed by atoms with Crippen molar-refractivity contribution < 1.29 is 9.59 Å². The molecule has 2 heterocycles. The number of aromatic nitrogens is 2. The van der Waals surface area contributed by atoms with E-state index in [1.165, 1.54) is 0 Å². The summed E-state index contributed by atoms with van der Waals surface area (Å²) < 4.78 is 0. The predicted molar refractivity (Wildman–Crippen MR) is 63.9 cm³/mol. The van der Waals surface area contributed by atoms with Gasteiger partial charge in [-0.05, 0) is 19.3 Å². The van der Waals surface area contributed by atoms with E-state index in [1.807, 2.05) is 0 Å². The van der Waals surface area contributed by atoms with Gasteiger partial charge in [0.1, 0.15) is 0 Å². The number of nitrogens with one attached hydrogen (secondary N) is 2. The first kappa shape index (κ1) is 11.3. The Morgan fingerprint density at radius 1 is 1.50 bits per heavy atom. The molecule has 1 atom stereocenters. The maximum atomic E-state index is 12.5. The second kappa shape index (κ2) is 4.44. The zero-order chi connectivity index (χ0) is 12.5. The van der Waals surface area contributed by atoms with Crippen molar-refractivity contribution in [3.8, 4) is 0 Å². The quantitative estimate of drug-likeness (QED) is 0.721. The number of carbonyl (C=O) groups is 2. The summed E-state index contributed by atoms with van der Waals surface area (Å²) in [5.41, 5.74) is 2.08. The smallest absolute Gasteiger partial charge is 0.239 e. The Kier molecular flexibility index (Phi) is 2.77. The topological polar surface area (TPSA) is 78.1 Å². The van der Waals surface area contributed by atoms with Crippen LogP contribution in [0.15, 0.2) is 6.20 Å². The van der Waals surface area contributed by atoms with Crippen LogP contribution in [0.25, 0.3) is 0 Å². The summed E-state index contributed by atoms with van der Waals surface area (Å²) >= 11 is 0. The summed E-state index contributed by atoms with van der Waals surface area (Å²) in [6.45, 7) is 1.34. The van der Waals surface area contributed by atoms with E-state index in [0.29, 0.717) is 13.1 Å². The molecule has 1 aromatic rings. The third-order valence-electron chi connectivity index (χ3n) is 3.69. The molecule has 1 aliphatic heterocycles. The number of fused-ring (bicyclic) bond motifs is 1. The molecule has 0 saturated carbocycles. The van der Waals surface area contributed by atoms with Crippen LogP contribution in [0.5, 0.6) is 0 Å². The zero-order valence-electron chi connectivity index (χ0n) is 10.1. The second-order valence-corrected chi connectivity index (χ2v) is 4.86. The summed E-state index contributed by atoms with van der Waals surface area (Å²) in [6, 6.07) is 0. The van der Waals surface area contributed by atoms with Crippen LogP contribution in [-0.2, 0) is 16.0 Å². The molecule has 1 aromatic heterocycles. The number of hydrogen-bond acceptors (Lipinski definition) is 3. The van der Waals surface area contributed by atoms with Gasteiger partial charge in [0, 0.05) is 24.3 Å². The standard InChI is InChI=1S/C12H16N4O2/c17-11-7-16(5-4-13-11)12(18)8-2-1-3-10-9(8)6-14-15-10/h6,8H,1-5,7H2,(H,13,17)(H,14,15). The highest BCUT2D eigenvalue weighted by Crippen LogP contribution is 2.31. The number of H-pyrrole nitrogens is 1. The molecule has 6 heteroatoms. The molecule has 1 unspecified atom stereocenters. The summed E-state index contributed by atoms with van der Waals surface area (Å²) in [4.78, 5) is 25.5. The lowest BCUT2D eigenvalue weighted by Gasteiger charge is -2.31. The van der Waals surface area contributed by atoms with Crippen LogP contribution in [0, 0.1) is 0 Å². The van der Waals surface area contributed by atoms with E-state index < -0.39 is 0 Å². The Labute approximate surface area is 105 Å². The van der Waals surface area contributed by atoms with Crippen LogP contribution in [0.1, 0.15) is 30.0 Å². The first-order valence-electron chi connectivity index (χ1n) is 6.33. The Morgan fingerprint density at radius 2 is 2.39 bits per heavy atom. The van der Waals surface area contributed by atoms with E-state index in [9.17, 15) is 9.59 Å². The Morgan fingerprint density at radius 3 is 3.22 bits per heavy atom. The van der Waals surface area contributed by atoms with Crippen LogP contribution in [0.4, 0.5) is 0 Å². The summed E-state index contributed by atoms with van der Waals surface area (Å²) in [5.74, 6) is -0.136. The minimum atomic E-state index is -0.126. The van der Waals surface area contributed by atoms with Crippen molar-refractivity contribution in [1.82, 2.24) is 20.4 Å². The van der Waals surface area contributed by atoms with E-state index in [2.05, 4.69) is 15.5 Å². The normalized spacial score (nSPS) is 23.4. The molecule has 1 fully saturated rings. The van der Waals surface area contributed by atoms with Crippen molar-refractivity contribution in [3.05, 3.63) is 17.5 Å². The Hall–Kier alpha value is -1.85. The van der Waals surface area contributed by atoms with Gasteiger partial charge >= 0.3 is 0 Å². The van der Waals surface area contributed by atoms with Gasteiger partial charge in [-0.3, -0.25) is 14.7 Å². The molecule has 2 N–H and O–H groups in total. The van der Waals surface area contributed by atoms with Gasteiger partial charge in [-0.15, -0.1) is 0 Å². The molecule has 0 spiro atoms. The number of rotatable bonds is 1. The highest BCUT2D eigenvalue weighted by Gasteiger charge is 2.32. The highest BCUT2D eigenvalue weighted by atomic mass is 16.2. The lowest BCUT2D eigenvalue weighted by molar-refractivity contribution is -0.139. The lowest BCUT2D eigenvalue weighted by atomic mass is 9.86. The summed E-state index contributed by atoms with van der Waals surface area (Å²) in [6.07, 6.45) is 4.55. The highest BCUT2D eigenvalue weighted by molar-refractivity contribution is 5.89. The molecule has 0 aromatic carbocycles. The number of hydrogen-bond donors (Lipinski definition) is 2. The van der Waals surface area contributed by atoms with Gasteiger partial charge in [-0.2, -0.15) is 5.10 Å². The lowest BCUT2D eigenvalue weighted by Crippen LogP contribution is -2.51. The van der Waals surface area contributed by atoms with E-state index in [4.69, 9.17) is 0 Å². The van der Waals surface area contributed by atoms with Gasteiger partial charge in [0.05, 0.1) is 18.7 Å². The largest absolute Gasteiger partial charge is 0.353 e. The minimum Gasteiger partial charge on any atom is -0.353 e. The summed E-state index contributed by atoms with van der Waals surface area (Å²) in [7, 11) is 0. The number of carbonyl (C=O) groups excluding carboxylic acids is 2. The van der Waals surface area contributed by atoms with Gasteiger partial charge in [-0.1, -0.05) is 0 Å². The maximum absolute atomic E-state index is 12.5. The minimum absolute atomic E-state index is 0.0622. The summed E-state index contributed by atoms with van der Waals surface area (Å²) in [5, 5.41) is 9.71. The fourth-order valence-corrected chi connectivity index (χ4v) is 2.76. The molecule has 18 heavy (non-hydrogen) atoms. The zero-order valence-corrected chi connectivity index (χ0v) is 10.1. The fourth-order valence-electron chi connectivity index (χ4n) is 2.76. The van der Waals surface area contributed by atoms with Gasteiger partial charge in [0.15, 0.2) is 0 Å². The van der Waals surface area contributed by atoms with Crippen molar-refractivity contribution in [1.29, 1.82) is 0 Å². The van der Waals surface area contributed by atoms with Crippen molar-refractivity contribution in [2.45, 2.75) is 25.2 Å². The number of amides is 2. The van der Waals surface area contributed by atoms with Gasteiger partial charge in [0.2, 0.25) is 11.8 Å². The average Bonchev–Trinajstić information content (AvgIpc) is 2.86.